The second-order valence-corrected chi connectivity index (χ2v) is 6.70. The number of carbonyl (C=O) groups excluding carboxylic acids is 1. The monoisotopic (exact) mass is 251 g/mol. The molecule has 0 bridgehead atoms. The number of rotatable bonds is 5. The van der Waals surface area contributed by atoms with Crippen molar-refractivity contribution < 1.29 is 4.79 Å². The van der Waals surface area contributed by atoms with Gasteiger partial charge in [-0.1, -0.05) is 0 Å². The van der Waals surface area contributed by atoms with Gasteiger partial charge < -0.3 is 0 Å². The summed E-state index contributed by atoms with van der Waals surface area (Å²) in [4.78, 5) is 16.8. The van der Waals surface area contributed by atoms with Crippen LogP contribution in [0.25, 0.3) is 0 Å². The van der Waals surface area contributed by atoms with Crippen molar-refractivity contribution in [1.29, 1.82) is 0 Å². The summed E-state index contributed by atoms with van der Waals surface area (Å²) in [5.41, 5.74) is 0.919. The van der Waals surface area contributed by atoms with Gasteiger partial charge in [-0.3, -0.25) is 9.69 Å². The number of aryl methyl sites for hydroxylation is 2. The van der Waals surface area contributed by atoms with Crippen LogP contribution in [0, 0.1) is 19.8 Å². The maximum atomic E-state index is 12.2. The van der Waals surface area contributed by atoms with E-state index in [-0.39, 0.29) is 5.78 Å². The van der Waals surface area contributed by atoms with Gasteiger partial charge in [0.25, 0.3) is 0 Å². The highest BCUT2D eigenvalue weighted by Crippen LogP contribution is 2.34. The molecule has 1 aliphatic carbocycles. The molecule has 0 N–H and O–H groups in total. The van der Waals surface area contributed by atoms with Crippen molar-refractivity contribution in [3.05, 3.63) is 21.4 Å². The Morgan fingerprint density at radius 3 is 2.65 bits per heavy atom. The van der Waals surface area contributed by atoms with Crippen molar-refractivity contribution in [3.8, 4) is 0 Å². The molecule has 0 radical (unpaired) electrons. The van der Waals surface area contributed by atoms with E-state index < -0.39 is 0 Å². The quantitative estimate of drug-likeness (QED) is 0.749. The van der Waals surface area contributed by atoms with Crippen LogP contribution < -0.4 is 0 Å². The number of hydrogen-bond acceptors (Lipinski definition) is 3. The van der Waals surface area contributed by atoms with Crippen molar-refractivity contribution in [2.45, 2.75) is 39.7 Å². The van der Waals surface area contributed by atoms with Crippen molar-refractivity contribution in [2.24, 2.45) is 5.92 Å². The maximum Gasteiger partial charge on any atom is 0.177 e. The lowest BCUT2D eigenvalue weighted by molar-refractivity contribution is 0.0917. The Bertz CT molecular complexity index is 420. The molecule has 17 heavy (non-hydrogen) atoms. The third kappa shape index (κ3) is 2.96. The molecule has 0 spiro atoms. The first-order chi connectivity index (χ1) is 7.99. The molecule has 2 nitrogen and oxygen atoms in total. The van der Waals surface area contributed by atoms with Gasteiger partial charge in [0.05, 0.1) is 6.54 Å². The highest BCUT2D eigenvalue weighted by atomic mass is 32.1. The molecule has 0 saturated heterocycles. The largest absolute Gasteiger partial charge is 0.296 e. The fourth-order valence-electron chi connectivity index (χ4n) is 2.30. The number of carbonyl (C=O) groups is 1. The van der Waals surface area contributed by atoms with Crippen molar-refractivity contribution >= 4 is 17.1 Å². The first-order valence-corrected chi connectivity index (χ1v) is 7.11. The molecule has 1 aromatic heterocycles. The Hall–Kier alpha value is -0.670. The van der Waals surface area contributed by atoms with E-state index in [9.17, 15) is 4.79 Å². The third-order valence-corrected chi connectivity index (χ3v) is 4.70. The number of ketones is 1. The Labute approximate surface area is 108 Å². The molecule has 0 aliphatic heterocycles. The van der Waals surface area contributed by atoms with Gasteiger partial charge in [-0.2, -0.15) is 0 Å². The summed E-state index contributed by atoms with van der Waals surface area (Å²) in [6.07, 6.45) is 2.66. The maximum absolute atomic E-state index is 12.2. The average molecular weight is 251 g/mol. The van der Waals surface area contributed by atoms with Gasteiger partial charge in [0.15, 0.2) is 5.78 Å². The number of nitrogens with zero attached hydrogens (tertiary/aromatic N) is 1. The van der Waals surface area contributed by atoms with E-state index in [1.807, 2.05) is 13.0 Å². The van der Waals surface area contributed by atoms with Gasteiger partial charge in [-0.25, -0.2) is 0 Å². The van der Waals surface area contributed by atoms with Crippen molar-refractivity contribution in [2.75, 3.05) is 13.6 Å². The van der Waals surface area contributed by atoms with Gasteiger partial charge in [0, 0.05) is 21.4 Å². The third-order valence-electron chi connectivity index (χ3n) is 3.73. The normalized spacial score (nSPS) is 17.5. The van der Waals surface area contributed by atoms with Gasteiger partial charge in [-0.05, 0) is 52.6 Å². The summed E-state index contributed by atoms with van der Waals surface area (Å²) >= 11 is 1.71. The summed E-state index contributed by atoms with van der Waals surface area (Å²) in [7, 11) is 2.06. The molecule has 1 atom stereocenters. The molecule has 1 unspecified atom stereocenters. The predicted octanol–water partition coefficient (Wildman–Crippen LogP) is 3.28. The van der Waals surface area contributed by atoms with Crippen molar-refractivity contribution in [3.63, 3.8) is 0 Å². The smallest absolute Gasteiger partial charge is 0.177 e. The van der Waals surface area contributed by atoms with Crippen molar-refractivity contribution in [1.82, 2.24) is 4.90 Å². The lowest BCUT2D eigenvalue weighted by Gasteiger charge is -2.23. The standard InChI is InChI=1S/C14H21NOS/c1-9-7-13(11(3)17-9)14(16)8-15(4)10(2)12-5-6-12/h7,10,12H,5-6,8H2,1-4H3. The summed E-state index contributed by atoms with van der Waals surface area (Å²) < 4.78 is 0. The lowest BCUT2D eigenvalue weighted by atomic mass is 10.1. The van der Waals surface area contributed by atoms with Crippen LogP contribution in [0.5, 0.6) is 0 Å². The molecule has 1 aromatic rings. The van der Waals surface area contributed by atoms with Crippen LogP contribution in [0.3, 0.4) is 0 Å². The second-order valence-electron chi connectivity index (χ2n) is 5.24. The Morgan fingerprint density at radius 1 is 1.53 bits per heavy atom. The number of Topliss-reactive ketones (excluding diaryl/α,β-unsaturated/α-hetero) is 1. The van der Waals surface area contributed by atoms with Gasteiger partial charge in [0.1, 0.15) is 0 Å². The zero-order valence-electron chi connectivity index (χ0n) is 11.1. The number of hydrogen-bond donors (Lipinski definition) is 0. The second kappa shape index (κ2) is 4.91. The van der Waals surface area contributed by atoms with E-state index in [1.165, 1.54) is 17.7 Å². The minimum atomic E-state index is 0.266. The van der Waals surface area contributed by atoms with Gasteiger partial charge in [-0.15, -0.1) is 11.3 Å². The van der Waals surface area contributed by atoms with Crippen LogP contribution in [0.2, 0.25) is 0 Å². The van der Waals surface area contributed by atoms with E-state index in [0.717, 1.165) is 16.4 Å². The molecule has 94 valence electrons. The summed E-state index contributed by atoms with van der Waals surface area (Å²) in [6.45, 7) is 6.88. The van der Waals surface area contributed by atoms with E-state index in [2.05, 4.69) is 25.8 Å². The highest BCUT2D eigenvalue weighted by molar-refractivity contribution is 7.12. The SMILES string of the molecule is Cc1cc(C(=O)CN(C)C(C)C2CC2)c(C)s1. The summed E-state index contributed by atoms with van der Waals surface area (Å²) in [5.74, 6) is 1.08. The fraction of sp³-hybridized carbons (Fsp3) is 0.643. The van der Waals surface area contributed by atoms with Crippen LogP contribution >= 0.6 is 11.3 Å². The molecule has 1 heterocycles. The van der Waals surface area contributed by atoms with E-state index in [1.54, 1.807) is 11.3 Å². The first-order valence-electron chi connectivity index (χ1n) is 6.29. The molecular formula is C14H21NOS. The van der Waals surface area contributed by atoms with E-state index in [4.69, 9.17) is 0 Å². The molecular weight excluding hydrogens is 230 g/mol. The van der Waals surface area contributed by atoms with E-state index >= 15 is 0 Å². The van der Waals surface area contributed by atoms with E-state index in [0.29, 0.717) is 12.6 Å². The first kappa shape index (κ1) is 12.8. The molecule has 0 aromatic carbocycles. The number of thiophene rings is 1. The minimum Gasteiger partial charge on any atom is -0.296 e. The van der Waals surface area contributed by atoms with Gasteiger partial charge >= 0.3 is 0 Å². The summed E-state index contributed by atoms with van der Waals surface area (Å²) in [6, 6.07) is 2.57. The zero-order chi connectivity index (χ0) is 12.6. The molecule has 1 saturated carbocycles. The Kier molecular flexibility index (Phi) is 3.69. The highest BCUT2D eigenvalue weighted by Gasteiger charge is 2.31. The molecule has 1 aliphatic rings. The minimum absolute atomic E-state index is 0.266. The van der Waals surface area contributed by atoms with Crippen LogP contribution in [-0.2, 0) is 0 Å². The Balaban J connectivity index is 1.98. The van der Waals surface area contributed by atoms with Crippen LogP contribution in [0.4, 0.5) is 0 Å². The fourth-order valence-corrected chi connectivity index (χ4v) is 3.24. The average Bonchev–Trinajstić information content (AvgIpc) is 3.03. The van der Waals surface area contributed by atoms with Crippen LogP contribution in [0.15, 0.2) is 6.07 Å². The number of likely N-dealkylation sites (N-methyl/N-ethyl adjacent to an activating group) is 1. The molecule has 3 heteroatoms. The van der Waals surface area contributed by atoms with Crippen LogP contribution in [-0.4, -0.2) is 30.3 Å². The Morgan fingerprint density at radius 2 is 2.18 bits per heavy atom. The molecule has 0 amide bonds. The molecule has 2 rings (SSSR count). The zero-order valence-corrected chi connectivity index (χ0v) is 11.9. The molecule has 1 fully saturated rings. The van der Waals surface area contributed by atoms with Crippen LogP contribution in [0.1, 0.15) is 39.9 Å². The lowest BCUT2D eigenvalue weighted by Crippen LogP contribution is -2.35. The van der Waals surface area contributed by atoms with Gasteiger partial charge in [0.2, 0.25) is 0 Å². The summed E-state index contributed by atoms with van der Waals surface area (Å²) in [5, 5.41) is 0. The topological polar surface area (TPSA) is 20.3 Å². The predicted molar refractivity (Wildman–Crippen MR) is 72.9 cm³/mol.